The van der Waals surface area contributed by atoms with Gasteiger partial charge in [0.15, 0.2) is 11.2 Å². The Morgan fingerprint density at radius 1 is 1.40 bits per heavy atom. The van der Waals surface area contributed by atoms with Crippen molar-refractivity contribution in [1.29, 1.82) is 0 Å². The molecular formula is C14H15BrN2O2S. The highest BCUT2D eigenvalue weighted by Crippen LogP contribution is 2.28. The first-order chi connectivity index (χ1) is 9.47. The van der Waals surface area contributed by atoms with Gasteiger partial charge in [0.25, 0.3) is 5.91 Å². The second-order valence-electron chi connectivity index (χ2n) is 4.46. The number of hydrogen-bond donors (Lipinski definition) is 1. The summed E-state index contributed by atoms with van der Waals surface area (Å²) in [6, 6.07) is 3.93. The lowest BCUT2D eigenvalue weighted by molar-refractivity contribution is -0.122. The van der Waals surface area contributed by atoms with E-state index < -0.39 is 6.10 Å². The van der Waals surface area contributed by atoms with Crippen LogP contribution in [0.15, 0.2) is 28.2 Å². The van der Waals surface area contributed by atoms with Gasteiger partial charge in [-0.15, -0.1) is 11.3 Å². The topological polar surface area (TPSA) is 51.2 Å². The quantitative estimate of drug-likeness (QED) is 0.904. The maximum Gasteiger partial charge on any atom is 0.266 e. The molecule has 0 aliphatic carbocycles. The molecule has 1 atom stereocenters. The van der Waals surface area contributed by atoms with E-state index >= 15 is 0 Å². The minimum absolute atomic E-state index is 0.207. The zero-order valence-corrected chi connectivity index (χ0v) is 13.8. The molecule has 4 nitrogen and oxygen atoms in total. The number of halogens is 1. The summed E-state index contributed by atoms with van der Waals surface area (Å²) in [7, 11) is 0. The lowest BCUT2D eigenvalue weighted by Gasteiger charge is -2.17. The molecule has 0 saturated heterocycles. The fraction of sp³-hybridized carbons (Fsp3) is 0.286. The summed E-state index contributed by atoms with van der Waals surface area (Å²) in [5.41, 5.74) is 1.98. The van der Waals surface area contributed by atoms with Crippen LogP contribution in [0.25, 0.3) is 0 Å². The van der Waals surface area contributed by atoms with E-state index in [2.05, 4.69) is 26.2 Å². The van der Waals surface area contributed by atoms with Gasteiger partial charge in [0, 0.05) is 16.0 Å². The predicted octanol–water partition coefficient (Wildman–Crippen LogP) is 3.93. The number of thiazole rings is 1. The molecule has 0 bridgehead atoms. The van der Waals surface area contributed by atoms with Gasteiger partial charge in [0.05, 0.1) is 0 Å². The van der Waals surface area contributed by atoms with Crippen molar-refractivity contribution in [2.45, 2.75) is 26.9 Å². The average Bonchev–Trinajstić information content (AvgIpc) is 2.86. The lowest BCUT2D eigenvalue weighted by Crippen LogP contribution is -2.30. The van der Waals surface area contributed by atoms with Crippen LogP contribution in [0.2, 0.25) is 0 Å². The minimum atomic E-state index is -0.586. The van der Waals surface area contributed by atoms with Crippen LogP contribution >= 0.6 is 27.3 Å². The van der Waals surface area contributed by atoms with E-state index in [0.717, 1.165) is 21.3 Å². The van der Waals surface area contributed by atoms with Crippen molar-refractivity contribution in [2.75, 3.05) is 5.32 Å². The van der Waals surface area contributed by atoms with Gasteiger partial charge in [-0.25, -0.2) is 4.98 Å². The second-order valence-corrected chi connectivity index (χ2v) is 6.27. The molecule has 1 heterocycles. The van der Waals surface area contributed by atoms with Crippen LogP contribution < -0.4 is 10.1 Å². The van der Waals surface area contributed by atoms with Crippen LogP contribution in [0.1, 0.15) is 18.1 Å². The molecule has 2 rings (SSSR count). The molecule has 2 aromatic rings. The highest BCUT2D eigenvalue weighted by atomic mass is 79.9. The number of amides is 1. The van der Waals surface area contributed by atoms with E-state index in [4.69, 9.17) is 4.74 Å². The van der Waals surface area contributed by atoms with E-state index in [9.17, 15) is 4.79 Å². The number of benzene rings is 1. The standard InChI is InChI=1S/C14H15BrN2O2S/c1-8-6-11(15)7-9(2)12(8)19-10(3)13(18)17-14-16-4-5-20-14/h4-7,10H,1-3H3,(H,16,17,18). The molecular weight excluding hydrogens is 340 g/mol. The second kappa shape index (κ2) is 6.37. The van der Waals surface area contributed by atoms with Crippen LogP contribution in [0.3, 0.4) is 0 Å². The summed E-state index contributed by atoms with van der Waals surface area (Å²) in [6.45, 7) is 5.64. The Bertz CT molecular complexity index is 591. The van der Waals surface area contributed by atoms with Gasteiger partial charge in [-0.1, -0.05) is 15.9 Å². The minimum Gasteiger partial charge on any atom is -0.480 e. The SMILES string of the molecule is Cc1cc(Br)cc(C)c1OC(C)C(=O)Nc1nccs1. The van der Waals surface area contributed by atoms with Crippen molar-refractivity contribution in [3.05, 3.63) is 39.3 Å². The van der Waals surface area contributed by atoms with Gasteiger partial charge < -0.3 is 4.74 Å². The molecule has 0 fully saturated rings. The monoisotopic (exact) mass is 354 g/mol. The fourth-order valence-corrected chi connectivity index (χ4v) is 3.02. The molecule has 1 aromatic carbocycles. The van der Waals surface area contributed by atoms with Crippen LogP contribution in [0.5, 0.6) is 5.75 Å². The third-order valence-electron chi connectivity index (χ3n) is 2.75. The Kier molecular flexibility index (Phi) is 4.77. The zero-order chi connectivity index (χ0) is 14.7. The molecule has 6 heteroatoms. The highest BCUT2D eigenvalue weighted by molar-refractivity contribution is 9.10. The summed E-state index contributed by atoms with van der Waals surface area (Å²) in [5, 5.41) is 5.11. The number of aromatic nitrogens is 1. The van der Waals surface area contributed by atoms with Gasteiger partial charge in [-0.05, 0) is 44.0 Å². The molecule has 1 aromatic heterocycles. The summed E-state index contributed by atoms with van der Waals surface area (Å²) >= 11 is 4.82. The van der Waals surface area contributed by atoms with Gasteiger partial charge in [0.1, 0.15) is 5.75 Å². The van der Waals surface area contributed by atoms with E-state index in [1.807, 2.05) is 31.4 Å². The van der Waals surface area contributed by atoms with Crippen LogP contribution in [-0.4, -0.2) is 17.0 Å². The van der Waals surface area contributed by atoms with Gasteiger partial charge in [-0.3, -0.25) is 10.1 Å². The number of nitrogens with one attached hydrogen (secondary N) is 1. The Labute approximate surface area is 130 Å². The maximum atomic E-state index is 12.0. The van der Waals surface area contributed by atoms with Crippen molar-refractivity contribution in [1.82, 2.24) is 4.98 Å². The number of hydrogen-bond acceptors (Lipinski definition) is 4. The van der Waals surface area contributed by atoms with Crippen LogP contribution in [0, 0.1) is 13.8 Å². The number of carbonyl (C=O) groups excluding carboxylic acids is 1. The van der Waals surface area contributed by atoms with Crippen LogP contribution in [0.4, 0.5) is 5.13 Å². The number of ether oxygens (including phenoxy) is 1. The van der Waals surface area contributed by atoms with Crippen molar-refractivity contribution in [3.8, 4) is 5.75 Å². The summed E-state index contributed by atoms with van der Waals surface area (Å²) in [6.07, 6.45) is 1.06. The molecule has 106 valence electrons. The molecule has 20 heavy (non-hydrogen) atoms. The third-order valence-corrected chi connectivity index (χ3v) is 3.90. The van der Waals surface area contributed by atoms with Gasteiger partial charge >= 0.3 is 0 Å². The predicted molar refractivity (Wildman–Crippen MR) is 84.4 cm³/mol. The molecule has 1 amide bonds. The average molecular weight is 355 g/mol. The number of carbonyl (C=O) groups is 1. The Balaban J connectivity index is 2.08. The highest BCUT2D eigenvalue weighted by Gasteiger charge is 2.18. The Morgan fingerprint density at radius 3 is 2.60 bits per heavy atom. The van der Waals surface area contributed by atoms with Crippen molar-refractivity contribution in [2.24, 2.45) is 0 Å². The molecule has 1 N–H and O–H groups in total. The molecule has 0 aliphatic rings. The summed E-state index contributed by atoms with van der Waals surface area (Å²) in [5.74, 6) is 0.539. The van der Waals surface area contributed by atoms with E-state index in [1.54, 1.807) is 13.1 Å². The van der Waals surface area contributed by atoms with Gasteiger partial charge in [0.2, 0.25) is 0 Å². The number of rotatable bonds is 4. The maximum absolute atomic E-state index is 12.0. The molecule has 0 aliphatic heterocycles. The fourth-order valence-electron chi connectivity index (χ4n) is 1.81. The first kappa shape index (κ1) is 15.0. The first-order valence-corrected chi connectivity index (χ1v) is 7.78. The molecule has 1 unspecified atom stereocenters. The number of aryl methyl sites for hydroxylation is 2. The Hall–Kier alpha value is -1.40. The summed E-state index contributed by atoms with van der Waals surface area (Å²) < 4.78 is 6.79. The Morgan fingerprint density at radius 2 is 2.05 bits per heavy atom. The van der Waals surface area contributed by atoms with E-state index in [-0.39, 0.29) is 5.91 Å². The van der Waals surface area contributed by atoms with Crippen molar-refractivity contribution in [3.63, 3.8) is 0 Å². The normalized spacial score (nSPS) is 12.0. The molecule has 0 radical (unpaired) electrons. The summed E-state index contributed by atoms with van der Waals surface area (Å²) in [4.78, 5) is 16.0. The zero-order valence-electron chi connectivity index (χ0n) is 11.4. The third kappa shape index (κ3) is 3.58. The van der Waals surface area contributed by atoms with E-state index in [0.29, 0.717) is 5.13 Å². The largest absolute Gasteiger partial charge is 0.480 e. The molecule has 0 saturated carbocycles. The number of nitrogens with zero attached hydrogens (tertiary/aromatic N) is 1. The first-order valence-electron chi connectivity index (χ1n) is 6.11. The van der Waals surface area contributed by atoms with Crippen molar-refractivity contribution >= 4 is 38.3 Å². The van der Waals surface area contributed by atoms with Crippen molar-refractivity contribution < 1.29 is 9.53 Å². The number of anilines is 1. The van der Waals surface area contributed by atoms with Crippen LogP contribution in [-0.2, 0) is 4.79 Å². The van der Waals surface area contributed by atoms with Gasteiger partial charge in [-0.2, -0.15) is 0 Å². The van der Waals surface area contributed by atoms with E-state index in [1.165, 1.54) is 11.3 Å². The smallest absolute Gasteiger partial charge is 0.266 e. The lowest BCUT2D eigenvalue weighted by atomic mass is 10.1. The molecule has 0 spiro atoms.